The molecule has 1 aromatic heterocycles. The molecule has 0 spiro atoms. The number of hydrogen-bond acceptors (Lipinski definition) is 5. The van der Waals surface area contributed by atoms with E-state index in [-0.39, 0.29) is 35.1 Å². The van der Waals surface area contributed by atoms with E-state index >= 15 is 0 Å². The van der Waals surface area contributed by atoms with Gasteiger partial charge in [-0.25, -0.2) is 23.7 Å². The summed E-state index contributed by atoms with van der Waals surface area (Å²) in [5, 5.41) is 2.64. The van der Waals surface area contributed by atoms with Gasteiger partial charge in [0.1, 0.15) is 11.5 Å². The Morgan fingerprint density at radius 2 is 1.69 bits per heavy atom. The van der Waals surface area contributed by atoms with E-state index in [0.29, 0.717) is 17.2 Å². The van der Waals surface area contributed by atoms with E-state index in [1.54, 1.807) is 13.0 Å². The Balaban J connectivity index is 1.70. The van der Waals surface area contributed by atoms with Gasteiger partial charge < -0.3 is 10.1 Å². The van der Waals surface area contributed by atoms with Crippen LogP contribution in [0.1, 0.15) is 22.5 Å². The van der Waals surface area contributed by atoms with Crippen LogP contribution in [0.5, 0.6) is 5.75 Å². The van der Waals surface area contributed by atoms with E-state index in [0.717, 1.165) is 12.1 Å². The Morgan fingerprint density at radius 3 is 2.31 bits per heavy atom. The lowest BCUT2D eigenvalue weighted by Crippen LogP contribution is -2.22. The summed E-state index contributed by atoms with van der Waals surface area (Å²) in [4.78, 5) is 11.8. The first kappa shape index (κ1) is 24.4. The molecule has 1 aliphatic heterocycles. The van der Waals surface area contributed by atoms with Gasteiger partial charge in [-0.2, -0.15) is 13.2 Å². The molecular weight excluding hydrogens is 488 g/mol. The molecule has 0 saturated heterocycles. The van der Waals surface area contributed by atoms with Crippen molar-refractivity contribution in [2.24, 2.45) is 4.99 Å². The number of ether oxygens (including phenoxy) is 1. The molecule has 13 heteroatoms. The van der Waals surface area contributed by atoms with Gasteiger partial charge in [0, 0.05) is 24.6 Å². The summed E-state index contributed by atoms with van der Waals surface area (Å²) in [6.07, 6.45) is -10.5. The standard InChI is InChI=1S/C22H14F8N4O/c1-10-2-3-11(6-13(10)23)7-15-19(34-20-16(32-15)9-18(33-20)21(25,26)27)31-12-4-5-17(14(24)8-12)35-22(28,29)30/h2-6,8H,7,9H2,1H3,(H,31,34). The fourth-order valence-corrected chi connectivity index (χ4v) is 3.28. The van der Waals surface area contributed by atoms with E-state index in [9.17, 15) is 35.1 Å². The van der Waals surface area contributed by atoms with Gasteiger partial charge >= 0.3 is 12.5 Å². The highest BCUT2D eigenvalue weighted by atomic mass is 19.4. The van der Waals surface area contributed by atoms with Gasteiger partial charge in [0.2, 0.25) is 0 Å². The first-order valence-electron chi connectivity index (χ1n) is 9.90. The minimum atomic E-state index is -5.11. The van der Waals surface area contributed by atoms with E-state index in [4.69, 9.17) is 0 Å². The van der Waals surface area contributed by atoms with Gasteiger partial charge in [-0.15, -0.1) is 13.2 Å². The number of aromatic nitrogens is 2. The first-order chi connectivity index (χ1) is 16.3. The van der Waals surface area contributed by atoms with Crippen molar-refractivity contribution >= 4 is 23.0 Å². The molecule has 0 fully saturated rings. The Morgan fingerprint density at radius 1 is 0.943 bits per heavy atom. The van der Waals surface area contributed by atoms with Crippen LogP contribution in [0.3, 0.4) is 0 Å². The molecule has 1 aliphatic rings. The van der Waals surface area contributed by atoms with Crippen molar-refractivity contribution in [1.29, 1.82) is 0 Å². The second kappa shape index (κ2) is 8.78. The molecule has 0 unspecified atom stereocenters. The smallest absolute Gasteiger partial charge is 0.403 e. The molecule has 3 aromatic rings. The first-order valence-corrected chi connectivity index (χ1v) is 9.90. The lowest BCUT2D eigenvalue weighted by molar-refractivity contribution is -0.275. The number of alkyl halides is 6. The number of aryl methyl sites for hydroxylation is 1. The largest absolute Gasteiger partial charge is 0.573 e. The third-order valence-electron chi connectivity index (χ3n) is 4.95. The van der Waals surface area contributed by atoms with Crippen molar-refractivity contribution in [2.45, 2.75) is 32.3 Å². The molecule has 0 atom stereocenters. The highest BCUT2D eigenvalue weighted by molar-refractivity contribution is 5.97. The zero-order valence-corrected chi connectivity index (χ0v) is 17.7. The zero-order chi connectivity index (χ0) is 25.5. The summed E-state index contributed by atoms with van der Waals surface area (Å²) in [6.45, 7) is 1.55. The van der Waals surface area contributed by atoms with Gasteiger partial charge in [0.25, 0.3) is 0 Å². The summed E-state index contributed by atoms with van der Waals surface area (Å²) >= 11 is 0. The number of rotatable bonds is 5. The second-order valence-electron chi connectivity index (χ2n) is 7.60. The van der Waals surface area contributed by atoms with Crippen LogP contribution in [0.25, 0.3) is 0 Å². The topological polar surface area (TPSA) is 59.4 Å². The fourth-order valence-electron chi connectivity index (χ4n) is 3.28. The lowest BCUT2D eigenvalue weighted by Gasteiger charge is -2.14. The number of anilines is 2. The molecule has 0 aliphatic carbocycles. The third-order valence-corrected chi connectivity index (χ3v) is 4.95. The number of aliphatic imine (C=N–C) groups is 1. The third kappa shape index (κ3) is 5.66. The zero-order valence-electron chi connectivity index (χ0n) is 17.7. The van der Waals surface area contributed by atoms with Gasteiger partial charge in [0.05, 0.1) is 11.4 Å². The Kier molecular flexibility index (Phi) is 6.11. The average Bonchev–Trinajstić information content (AvgIpc) is 3.15. The summed E-state index contributed by atoms with van der Waals surface area (Å²) in [7, 11) is 0. The molecule has 35 heavy (non-hydrogen) atoms. The predicted octanol–water partition coefficient (Wildman–Crippen LogP) is 6.49. The van der Waals surface area contributed by atoms with Gasteiger partial charge in [-0.05, 0) is 36.2 Å². The molecule has 5 nitrogen and oxygen atoms in total. The number of hydrogen-bond donors (Lipinski definition) is 1. The van der Waals surface area contributed by atoms with Crippen molar-refractivity contribution < 1.29 is 39.9 Å². The number of halogens is 8. The maximum atomic E-state index is 14.1. The highest BCUT2D eigenvalue weighted by Crippen LogP contribution is 2.34. The monoisotopic (exact) mass is 502 g/mol. The maximum absolute atomic E-state index is 14.1. The summed E-state index contributed by atoms with van der Waals surface area (Å²) in [6, 6.07) is 6.81. The van der Waals surface area contributed by atoms with Crippen LogP contribution in [0.2, 0.25) is 0 Å². The van der Waals surface area contributed by atoms with Gasteiger partial charge in [0.15, 0.2) is 23.2 Å². The highest BCUT2D eigenvalue weighted by Gasteiger charge is 2.40. The van der Waals surface area contributed by atoms with E-state index in [1.165, 1.54) is 12.1 Å². The van der Waals surface area contributed by atoms with Crippen molar-refractivity contribution in [3.63, 3.8) is 0 Å². The normalized spacial score (nSPS) is 13.5. The van der Waals surface area contributed by atoms with Crippen LogP contribution in [0.15, 0.2) is 41.4 Å². The Hall–Kier alpha value is -3.77. The molecule has 184 valence electrons. The van der Waals surface area contributed by atoms with Crippen LogP contribution >= 0.6 is 0 Å². The van der Waals surface area contributed by atoms with Crippen LogP contribution in [0.4, 0.5) is 52.4 Å². The van der Waals surface area contributed by atoms with Crippen LogP contribution in [-0.2, 0) is 12.8 Å². The molecule has 2 heterocycles. The minimum Gasteiger partial charge on any atom is -0.403 e. The fraction of sp³-hybridized carbons (Fsp3) is 0.227. The molecule has 0 saturated carbocycles. The second-order valence-corrected chi connectivity index (χ2v) is 7.60. The molecule has 1 N–H and O–H groups in total. The minimum absolute atomic E-state index is 0.0504. The number of benzene rings is 2. The Bertz CT molecular complexity index is 1320. The average molecular weight is 502 g/mol. The molecule has 2 aromatic carbocycles. The maximum Gasteiger partial charge on any atom is 0.573 e. The van der Waals surface area contributed by atoms with Crippen LogP contribution in [0, 0.1) is 18.6 Å². The van der Waals surface area contributed by atoms with Crippen molar-refractivity contribution in [1.82, 2.24) is 9.97 Å². The van der Waals surface area contributed by atoms with Crippen molar-refractivity contribution in [3.8, 4) is 5.75 Å². The summed E-state index contributed by atoms with van der Waals surface area (Å²) in [5.41, 5.74) is -0.322. The lowest BCUT2D eigenvalue weighted by atomic mass is 10.1. The summed E-state index contributed by atoms with van der Waals surface area (Å²) in [5.74, 6) is -3.35. The quantitative estimate of drug-likeness (QED) is 0.406. The van der Waals surface area contributed by atoms with E-state index in [1.807, 2.05) is 0 Å². The number of nitrogens with zero attached hydrogens (tertiary/aromatic N) is 3. The SMILES string of the molecule is Cc1ccc(Cc2nc3c(nc2Nc2ccc(OC(F)(F)F)c(F)c2)N=C(C(F)(F)F)C3)cc1F. The van der Waals surface area contributed by atoms with E-state index < -0.39 is 42.1 Å². The van der Waals surface area contributed by atoms with Crippen LogP contribution in [-0.4, -0.2) is 28.2 Å². The molecule has 4 rings (SSSR count). The molecular formula is C22H14F8N4O. The van der Waals surface area contributed by atoms with E-state index in [2.05, 4.69) is 25.0 Å². The van der Waals surface area contributed by atoms with Gasteiger partial charge in [-0.3, -0.25) is 0 Å². The molecule has 0 bridgehead atoms. The van der Waals surface area contributed by atoms with Gasteiger partial charge in [-0.1, -0.05) is 12.1 Å². The number of nitrogens with one attached hydrogen (secondary N) is 1. The Labute approximate surface area is 192 Å². The molecule has 0 amide bonds. The molecule has 0 radical (unpaired) electrons. The summed E-state index contributed by atoms with van der Waals surface area (Å²) < 4.78 is 108. The number of fused-ring (bicyclic) bond motifs is 1. The van der Waals surface area contributed by atoms with Crippen molar-refractivity contribution in [2.75, 3.05) is 5.32 Å². The van der Waals surface area contributed by atoms with Crippen LogP contribution < -0.4 is 10.1 Å². The van der Waals surface area contributed by atoms with Crippen molar-refractivity contribution in [3.05, 3.63) is 70.5 Å². The predicted molar refractivity (Wildman–Crippen MR) is 109 cm³/mol.